The number of benzene rings is 1. The van der Waals surface area contributed by atoms with Crippen LogP contribution in [0.15, 0.2) is 48.0 Å². The highest BCUT2D eigenvalue weighted by Crippen LogP contribution is 2.24. The van der Waals surface area contributed by atoms with E-state index in [4.69, 9.17) is 0 Å². The van der Waals surface area contributed by atoms with E-state index in [9.17, 15) is 13.2 Å². The summed E-state index contributed by atoms with van der Waals surface area (Å²) in [6.45, 7) is 0. The fourth-order valence-corrected chi connectivity index (χ4v) is 1.26. The third kappa shape index (κ3) is 4.38. The zero-order valence-corrected chi connectivity index (χ0v) is 9.50. The number of ether oxygens (including phenoxy) is 1. The Balaban J connectivity index is 2.05. The molecule has 0 atom stereocenters. The van der Waals surface area contributed by atoms with Crippen molar-refractivity contribution in [2.45, 2.75) is 6.36 Å². The van der Waals surface area contributed by atoms with Gasteiger partial charge in [0, 0.05) is 24.2 Å². The van der Waals surface area contributed by atoms with Crippen LogP contribution in [0.1, 0.15) is 5.56 Å². The van der Waals surface area contributed by atoms with Crippen LogP contribution in [-0.2, 0) is 0 Å². The number of rotatable bonds is 3. The first kappa shape index (κ1) is 13.0. The van der Waals surface area contributed by atoms with Crippen molar-refractivity contribution in [3.8, 4) is 5.75 Å². The number of halogens is 3. The van der Waals surface area contributed by atoms with Gasteiger partial charge in [-0.05, 0) is 24.3 Å². The van der Waals surface area contributed by atoms with E-state index in [2.05, 4.69) is 19.7 Å². The molecule has 0 bridgehead atoms. The summed E-state index contributed by atoms with van der Waals surface area (Å²) in [7, 11) is 0. The van der Waals surface area contributed by atoms with Gasteiger partial charge in [-0.2, -0.15) is 0 Å². The number of hydrogen-bond donors (Lipinski definition) is 0. The van der Waals surface area contributed by atoms with E-state index in [-0.39, 0.29) is 5.75 Å². The van der Waals surface area contributed by atoms with Crippen molar-refractivity contribution in [3.05, 3.63) is 48.5 Å². The Morgan fingerprint density at radius 1 is 1.05 bits per heavy atom. The van der Waals surface area contributed by atoms with E-state index < -0.39 is 6.36 Å². The molecule has 0 aliphatic rings. The van der Waals surface area contributed by atoms with Gasteiger partial charge < -0.3 is 4.74 Å². The molecule has 4 nitrogen and oxygen atoms in total. The SMILES string of the molecule is FC(F)(F)Oc1ccc(N=Cc2cncnc2)cc1. The number of aromatic nitrogens is 2. The van der Waals surface area contributed by atoms with Gasteiger partial charge in [-0.3, -0.25) is 4.99 Å². The molecule has 0 amide bonds. The van der Waals surface area contributed by atoms with Gasteiger partial charge in [-0.1, -0.05) is 0 Å². The molecule has 1 heterocycles. The molecular weight excluding hydrogens is 259 g/mol. The van der Waals surface area contributed by atoms with E-state index in [0.717, 1.165) is 0 Å². The average molecular weight is 267 g/mol. The molecule has 0 unspecified atom stereocenters. The molecule has 2 rings (SSSR count). The van der Waals surface area contributed by atoms with Gasteiger partial charge >= 0.3 is 6.36 Å². The first-order chi connectivity index (χ1) is 9.03. The van der Waals surface area contributed by atoms with E-state index in [1.54, 1.807) is 12.4 Å². The molecule has 0 saturated carbocycles. The minimum absolute atomic E-state index is 0.283. The summed E-state index contributed by atoms with van der Waals surface area (Å²) in [6.07, 6.45) is 1.35. The molecule has 0 spiro atoms. The van der Waals surface area contributed by atoms with E-state index in [1.165, 1.54) is 36.8 Å². The topological polar surface area (TPSA) is 47.4 Å². The number of alkyl halides is 3. The van der Waals surface area contributed by atoms with Crippen LogP contribution in [0, 0.1) is 0 Å². The quantitative estimate of drug-likeness (QED) is 0.803. The summed E-state index contributed by atoms with van der Waals surface area (Å²) in [5.41, 5.74) is 1.19. The fourth-order valence-electron chi connectivity index (χ4n) is 1.26. The second-order valence-corrected chi connectivity index (χ2v) is 3.47. The van der Waals surface area contributed by atoms with Gasteiger partial charge in [0.15, 0.2) is 0 Å². The summed E-state index contributed by atoms with van der Waals surface area (Å²) in [4.78, 5) is 11.7. The predicted molar refractivity (Wildman–Crippen MR) is 62.4 cm³/mol. The molecule has 0 saturated heterocycles. The lowest BCUT2D eigenvalue weighted by Gasteiger charge is -2.08. The summed E-state index contributed by atoms with van der Waals surface area (Å²) >= 11 is 0. The van der Waals surface area contributed by atoms with Crippen LogP contribution in [0.2, 0.25) is 0 Å². The molecule has 1 aromatic carbocycles. The van der Waals surface area contributed by atoms with Crippen molar-refractivity contribution in [2.75, 3.05) is 0 Å². The summed E-state index contributed by atoms with van der Waals surface area (Å²) in [6, 6.07) is 5.23. The maximum absolute atomic E-state index is 11.9. The van der Waals surface area contributed by atoms with Gasteiger partial charge in [0.2, 0.25) is 0 Å². The summed E-state index contributed by atoms with van der Waals surface area (Å²) in [5.74, 6) is -0.283. The smallest absolute Gasteiger partial charge is 0.406 e. The number of nitrogens with zero attached hydrogens (tertiary/aromatic N) is 3. The highest BCUT2D eigenvalue weighted by molar-refractivity contribution is 5.80. The molecule has 0 radical (unpaired) electrons. The molecule has 0 aliphatic heterocycles. The third-order valence-corrected chi connectivity index (χ3v) is 2.01. The van der Waals surface area contributed by atoms with E-state index in [0.29, 0.717) is 11.3 Å². The zero-order valence-electron chi connectivity index (χ0n) is 9.50. The van der Waals surface area contributed by atoms with Crippen LogP contribution in [0.5, 0.6) is 5.75 Å². The minimum Gasteiger partial charge on any atom is -0.406 e. The third-order valence-electron chi connectivity index (χ3n) is 2.01. The Kier molecular flexibility index (Phi) is 3.74. The Morgan fingerprint density at radius 3 is 2.26 bits per heavy atom. The summed E-state index contributed by atoms with van der Waals surface area (Å²) in [5, 5.41) is 0. The first-order valence-corrected chi connectivity index (χ1v) is 5.18. The van der Waals surface area contributed by atoms with Crippen molar-refractivity contribution in [1.82, 2.24) is 9.97 Å². The lowest BCUT2D eigenvalue weighted by atomic mass is 10.3. The van der Waals surface area contributed by atoms with Crippen LogP contribution >= 0.6 is 0 Å². The standard InChI is InChI=1S/C12H8F3N3O/c13-12(14,15)19-11-3-1-10(2-4-11)18-7-9-5-16-8-17-6-9/h1-8H. The summed E-state index contributed by atoms with van der Waals surface area (Å²) < 4.78 is 39.6. The van der Waals surface area contributed by atoms with E-state index >= 15 is 0 Å². The lowest BCUT2D eigenvalue weighted by molar-refractivity contribution is -0.274. The Morgan fingerprint density at radius 2 is 1.68 bits per heavy atom. The van der Waals surface area contributed by atoms with Crippen molar-refractivity contribution in [3.63, 3.8) is 0 Å². The van der Waals surface area contributed by atoms with Crippen molar-refractivity contribution >= 4 is 11.9 Å². The molecule has 0 aliphatic carbocycles. The largest absolute Gasteiger partial charge is 0.573 e. The van der Waals surface area contributed by atoms with Crippen LogP contribution in [-0.4, -0.2) is 22.5 Å². The Hall–Kier alpha value is -2.44. The molecule has 1 aromatic heterocycles. The maximum atomic E-state index is 11.9. The molecule has 0 fully saturated rings. The van der Waals surface area contributed by atoms with Gasteiger partial charge in [-0.25, -0.2) is 9.97 Å². The minimum atomic E-state index is -4.69. The fraction of sp³-hybridized carbons (Fsp3) is 0.0833. The monoisotopic (exact) mass is 267 g/mol. The predicted octanol–water partition coefficient (Wildman–Crippen LogP) is 3.13. The number of hydrogen-bond acceptors (Lipinski definition) is 4. The highest BCUT2D eigenvalue weighted by Gasteiger charge is 2.30. The van der Waals surface area contributed by atoms with Crippen LogP contribution < -0.4 is 4.74 Å². The van der Waals surface area contributed by atoms with Crippen molar-refractivity contribution in [1.29, 1.82) is 0 Å². The normalized spacial score (nSPS) is 11.7. The van der Waals surface area contributed by atoms with E-state index in [1.807, 2.05) is 0 Å². The van der Waals surface area contributed by atoms with Crippen LogP contribution in [0.25, 0.3) is 0 Å². The molecule has 0 N–H and O–H groups in total. The number of aliphatic imine (C=N–C) groups is 1. The maximum Gasteiger partial charge on any atom is 0.573 e. The van der Waals surface area contributed by atoms with Crippen molar-refractivity contribution in [2.24, 2.45) is 4.99 Å². The first-order valence-electron chi connectivity index (χ1n) is 5.18. The molecular formula is C12H8F3N3O. The molecule has 2 aromatic rings. The van der Waals surface area contributed by atoms with Gasteiger partial charge in [-0.15, -0.1) is 13.2 Å². The Labute approximate surface area is 106 Å². The molecule has 98 valence electrons. The highest BCUT2D eigenvalue weighted by atomic mass is 19.4. The van der Waals surface area contributed by atoms with Gasteiger partial charge in [0.25, 0.3) is 0 Å². The average Bonchev–Trinajstić information content (AvgIpc) is 2.37. The lowest BCUT2D eigenvalue weighted by Crippen LogP contribution is -2.16. The van der Waals surface area contributed by atoms with Crippen molar-refractivity contribution < 1.29 is 17.9 Å². The second-order valence-electron chi connectivity index (χ2n) is 3.47. The van der Waals surface area contributed by atoms with Crippen LogP contribution in [0.4, 0.5) is 18.9 Å². The van der Waals surface area contributed by atoms with Crippen LogP contribution in [0.3, 0.4) is 0 Å². The second kappa shape index (κ2) is 5.47. The zero-order chi connectivity index (χ0) is 13.7. The molecule has 19 heavy (non-hydrogen) atoms. The molecule has 7 heteroatoms. The van der Waals surface area contributed by atoms with Gasteiger partial charge in [0.1, 0.15) is 12.1 Å². The Bertz CT molecular complexity index is 553. The van der Waals surface area contributed by atoms with Gasteiger partial charge in [0.05, 0.1) is 5.69 Å².